The van der Waals surface area contributed by atoms with E-state index in [1.807, 2.05) is 18.0 Å². The van der Waals surface area contributed by atoms with Crippen molar-refractivity contribution in [1.82, 2.24) is 9.97 Å². The summed E-state index contributed by atoms with van der Waals surface area (Å²) >= 11 is 0. The first-order valence-electron chi connectivity index (χ1n) is 5.67. The summed E-state index contributed by atoms with van der Waals surface area (Å²) in [5.74, 6) is 1.10. The predicted octanol–water partition coefficient (Wildman–Crippen LogP) is 1.30. The maximum Gasteiger partial charge on any atom is 0.158 e. The van der Waals surface area contributed by atoms with Crippen LogP contribution < -0.4 is 4.90 Å². The second kappa shape index (κ2) is 4.91. The number of anilines is 1. The SMILES string of the molecule is CN(c1cnc(C#N)cn1)C1CCC(=O)CC1. The maximum atomic E-state index is 11.2. The fourth-order valence-electron chi connectivity index (χ4n) is 2.06. The molecule has 0 N–H and O–H groups in total. The molecule has 5 heteroatoms. The summed E-state index contributed by atoms with van der Waals surface area (Å²) in [6.45, 7) is 0. The van der Waals surface area contributed by atoms with E-state index in [0.29, 0.717) is 30.4 Å². The number of ketones is 1. The van der Waals surface area contributed by atoms with Crippen LogP contribution in [-0.4, -0.2) is 28.8 Å². The van der Waals surface area contributed by atoms with Gasteiger partial charge in [-0.1, -0.05) is 0 Å². The average Bonchev–Trinajstić information content (AvgIpc) is 2.39. The van der Waals surface area contributed by atoms with E-state index in [0.717, 1.165) is 18.7 Å². The zero-order valence-corrected chi connectivity index (χ0v) is 9.76. The van der Waals surface area contributed by atoms with Crippen LogP contribution in [0.25, 0.3) is 0 Å². The lowest BCUT2D eigenvalue weighted by Crippen LogP contribution is -2.35. The second-order valence-corrected chi connectivity index (χ2v) is 4.25. The lowest BCUT2D eigenvalue weighted by Gasteiger charge is -2.31. The van der Waals surface area contributed by atoms with E-state index in [2.05, 4.69) is 9.97 Å². The summed E-state index contributed by atoms with van der Waals surface area (Å²) in [5.41, 5.74) is 0.320. The van der Waals surface area contributed by atoms with Gasteiger partial charge in [-0.15, -0.1) is 0 Å². The smallest absolute Gasteiger partial charge is 0.158 e. The third kappa shape index (κ3) is 2.59. The van der Waals surface area contributed by atoms with Crippen LogP contribution in [0.15, 0.2) is 12.4 Å². The fourth-order valence-corrected chi connectivity index (χ4v) is 2.06. The number of nitriles is 1. The van der Waals surface area contributed by atoms with Crippen molar-refractivity contribution in [3.63, 3.8) is 0 Å². The summed E-state index contributed by atoms with van der Waals surface area (Å²) in [5, 5.41) is 8.64. The third-order valence-electron chi connectivity index (χ3n) is 3.17. The number of carbonyl (C=O) groups excluding carboxylic acids is 1. The first-order chi connectivity index (χ1) is 8.20. The lowest BCUT2D eigenvalue weighted by atomic mass is 9.93. The molecule has 0 spiro atoms. The van der Waals surface area contributed by atoms with Gasteiger partial charge in [0, 0.05) is 25.9 Å². The summed E-state index contributed by atoms with van der Waals surface area (Å²) in [7, 11) is 1.95. The van der Waals surface area contributed by atoms with Gasteiger partial charge in [-0.25, -0.2) is 9.97 Å². The Labute approximate surface area is 100 Å². The van der Waals surface area contributed by atoms with Gasteiger partial charge >= 0.3 is 0 Å². The Hall–Kier alpha value is -1.96. The Morgan fingerprint density at radius 1 is 1.35 bits per heavy atom. The Morgan fingerprint density at radius 3 is 2.59 bits per heavy atom. The largest absolute Gasteiger partial charge is 0.355 e. The summed E-state index contributed by atoms with van der Waals surface area (Å²) in [6, 6.07) is 2.28. The number of hydrogen-bond acceptors (Lipinski definition) is 5. The Balaban J connectivity index is 2.06. The molecule has 1 aliphatic rings. The molecule has 1 fully saturated rings. The highest BCUT2D eigenvalue weighted by atomic mass is 16.1. The van der Waals surface area contributed by atoms with Crippen LogP contribution in [-0.2, 0) is 4.79 Å². The predicted molar refractivity (Wildman–Crippen MR) is 62.4 cm³/mol. The van der Waals surface area contributed by atoms with Crippen molar-refractivity contribution in [3.8, 4) is 6.07 Å². The van der Waals surface area contributed by atoms with E-state index in [1.54, 1.807) is 6.20 Å². The normalized spacial score (nSPS) is 16.6. The number of hydrogen-bond donors (Lipinski definition) is 0. The number of Topliss-reactive ketones (excluding diaryl/α,β-unsaturated/α-hetero) is 1. The molecule has 0 unspecified atom stereocenters. The van der Waals surface area contributed by atoms with Gasteiger partial charge in [0.1, 0.15) is 17.7 Å². The summed E-state index contributed by atoms with van der Waals surface area (Å²) in [6.07, 6.45) is 6.13. The first-order valence-corrected chi connectivity index (χ1v) is 5.67. The van der Waals surface area contributed by atoms with Gasteiger partial charge < -0.3 is 4.90 Å². The van der Waals surface area contributed by atoms with E-state index in [-0.39, 0.29) is 0 Å². The molecule has 1 heterocycles. The molecule has 0 aromatic carbocycles. The minimum Gasteiger partial charge on any atom is -0.355 e. The van der Waals surface area contributed by atoms with Gasteiger partial charge in [0.05, 0.1) is 12.4 Å². The number of carbonyl (C=O) groups is 1. The molecule has 17 heavy (non-hydrogen) atoms. The minimum atomic E-state index is 0.320. The van der Waals surface area contributed by atoms with Crippen LogP contribution in [0, 0.1) is 11.3 Å². The second-order valence-electron chi connectivity index (χ2n) is 4.25. The van der Waals surface area contributed by atoms with Crippen LogP contribution in [0.1, 0.15) is 31.4 Å². The van der Waals surface area contributed by atoms with Crippen molar-refractivity contribution in [2.45, 2.75) is 31.7 Å². The van der Waals surface area contributed by atoms with Crippen LogP contribution in [0.3, 0.4) is 0 Å². The van der Waals surface area contributed by atoms with Crippen LogP contribution in [0.5, 0.6) is 0 Å². The number of aromatic nitrogens is 2. The van der Waals surface area contributed by atoms with E-state index < -0.39 is 0 Å². The third-order valence-corrected chi connectivity index (χ3v) is 3.17. The molecule has 88 valence electrons. The molecule has 1 aromatic heterocycles. The molecule has 0 radical (unpaired) electrons. The molecule has 5 nitrogen and oxygen atoms in total. The highest BCUT2D eigenvalue weighted by molar-refractivity contribution is 5.79. The minimum absolute atomic E-state index is 0.320. The molecular formula is C12H14N4O. The molecule has 0 amide bonds. The van der Waals surface area contributed by atoms with Gasteiger partial charge in [-0.05, 0) is 12.8 Å². The summed E-state index contributed by atoms with van der Waals surface area (Å²) in [4.78, 5) is 21.4. The molecule has 0 aliphatic heterocycles. The Bertz CT molecular complexity index is 439. The monoisotopic (exact) mass is 230 g/mol. The van der Waals surface area contributed by atoms with Crippen LogP contribution >= 0.6 is 0 Å². The maximum absolute atomic E-state index is 11.2. The first kappa shape index (κ1) is 11.5. The number of rotatable bonds is 2. The lowest BCUT2D eigenvalue weighted by molar-refractivity contribution is -0.120. The molecule has 1 saturated carbocycles. The van der Waals surface area contributed by atoms with E-state index in [4.69, 9.17) is 5.26 Å². The van der Waals surface area contributed by atoms with Crippen molar-refractivity contribution in [2.75, 3.05) is 11.9 Å². The number of nitrogens with zero attached hydrogens (tertiary/aromatic N) is 4. The van der Waals surface area contributed by atoms with Gasteiger partial charge in [0.2, 0.25) is 0 Å². The van der Waals surface area contributed by atoms with Crippen LogP contribution in [0.4, 0.5) is 5.82 Å². The summed E-state index contributed by atoms with van der Waals surface area (Å²) < 4.78 is 0. The molecular weight excluding hydrogens is 216 g/mol. The van der Waals surface area contributed by atoms with Crippen molar-refractivity contribution in [2.24, 2.45) is 0 Å². The zero-order valence-electron chi connectivity index (χ0n) is 9.76. The van der Waals surface area contributed by atoms with Crippen molar-refractivity contribution < 1.29 is 4.79 Å². The molecule has 1 aliphatic carbocycles. The molecule has 0 atom stereocenters. The quantitative estimate of drug-likeness (QED) is 0.765. The van der Waals surface area contributed by atoms with Crippen molar-refractivity contribution >= 4 is 11.6 Å². The highest BCUT2D eigenvalue weighted by Crippen LogP contribution is 2.22. The van der Waals surface area contributed by atoms with Crippen molar-refractivity contribution in [1.29, 1.82) is 5.26 Å². The Kier molecular flexibility index (Phi) is 3.33. The molecule has 2 rings (SSSR count). The fraction of sp³-hybridized carbons (Fsp3) is 0.500. The van der Waals surface area contributed by atoms with Crippen molar-refractivity contribution in [3.05, 3.63) is 18.1 Å². The van der Waals surface area contributed by atoms with Gasteiger partial charge in [0.25, 0.3) is 0 Å². The van der Waals surface area contributed by atoms with Crippen LogP contribution in [0.2, 0.25) is 0 Å². The molecule has 1 aromatic rings. The standard InChI is InChI=1S/C12H14N4O/c1-16(10-2-4-11(17)5-3-10)12-8-14-9(6-13)7-15-12/h7-8,10H,2-5H2,1H3. The van der Waals surface area contributed by atoms with Gasteiger partial charge in [0.15, 0.2) is 5.69 Å². The van der Waals surface area contributed by atoms with E-state index in [1.165, 1.54) is 6.20 Å². The van der Waals surface area contributed by atoms with Gasteiger partial charge in [-0.3, -0.25) is 4.79 Å². The Morgan fingerprint density at radius 2 is 2.06 bits per heavy atom. The average molecular weight is 230 g/mol. The topological polar surface area (TPSA) is 69.9 Å². The molecule has 0 bridgehead atoms. The zero-order chi connectivity index (χ0) is 12.3. The van der Waals surface area contributed by atoms with E-state index >= 15 is 0 Å². The van der Waals surface area contributed by atoms with Gasteiger partial charge in [-0.2, -0.15) is 5.26 Å². The highest BCUT2D eigenvalue weighted by Gasteiger charge is 2.23. The van der Waals surface area contributed by atoms with E-state index in [9.17, 15) is 4.79 Å². The molecule has 0 saturated heterocycles.